The van der Waals surface area contributed by atoms with Crippen molar-refractivity contribution >= 4 is 43.6 Å². The van der Waals surface area contributed by atoms with Crippen LogP contribution in [0.3, 0.4) is 0 Å². The summed E-state index contributed by atoms with van der Waals surface area (Å²) in [6, 6.07) is 69.8. The summed E-state index contributed by atoms with van der Waals surface area (Å²) < 4.78 is 5.18. The quantitative estimate of drug-likeness (QED) is 0.173. The van der Waals surface area contributed by atoms with E-state index in [2.05, 4.69) is 225 Å². The highest BCUT2D eigenvalue weighted by atomic mass is 15.1. The first-order valence-electron chi connectivity index (χ1n) is 24.7. The molecule has 12 aromatic rings. The summed E-state index contributed by atoms with van der Waals surface area (Å²) in [6.07, 6.45) is 0. The molecule has 0 spiro atoms. The first-order chi connectivity index (χ1) is 34.3. The highest BCUT2D eigenvalue weighted by Gasteiger charge is 2.43. The van der Waals surface area contributed by atoms with E-state index in [1.165, 1.54) is 111 Å². The number of rotatable bonds is 5. The van der Waals surface area contributed by atoms with Gasteiger partial charge in [-0.15, -0.1) is 0 Å². The maximum atomic E-state index is 5.62. The normalized spacial score (nSPS) is 17.1. The lowest BCUT2D eigenvalue weighted by Crippen LogP contribution is -2.29. The molecular weight excluding hydrogens is 851 g/mol. The number of para-hydroxylation sites is 4. The van der Waals surface area contributed by atoms with Crippen molar-refractivity contribution in [1.82, 2.24) is 24.1 Å². The van der Waals surface area contributed by atoms with Crippen molar-refractivity contribution in [2.24, 2.45) is 0 Å². The minimum atomic E-state index is -0.184. The number of hydrogen-bond acceptors (Lipinski definition) is 3. The Morgan fingerprint density at radius 1 is 0.329 bits per heavy atom. The molecule has 5 nitrogen and oxygen atoms in total. The summed E-state index contributed by atoms with van der Waals surface area (Å²) in [5.41, 5.74) is 23.5. The Bertz CT molecular complexity index is 4030. The van der Waals surface area contributed by atoms with E-state index in [9.17, 15) is 0 Å². The van der Waals surface area contributed by atoms with Gasteiger partial charge < -0.3 is 9.13 Å². The fraction of sp³-hybridized carbons (Fsp3) is 0.123. The van der Waals surface area contributed by atoms with E-state index < -0.39 is 0 Å². The average molecular weight is 896 g/mol. The molecule has 2 atom stereocenters. The molecule has 0 bridgehead atoms. The Kier molecular flexibility index (Phi) is 7.28. The molecule has 330 valence electrons. The zero-order valence-corrected chi connectivity index (χ0v) is 39.3. The fourth-order valence-corrected chi connectivity index (χ4v) is 13.7. The molecular formula is C65H45N5. The van der Waals surface area contributed by atoms with Crippen molar-refractivity contribution in [3.05, 3.63) is 244 Å². The Balaban J connectivity index is 1.00. The van der Waals surface area contributed by atoms with Gasteiger partial charge in [0.1, 0.15) is 0 Å². The van der Waals surface area contributed by atoms with E-state index in [0.29, 0.717) is 17.5 Å². The summed E-state index contributed by atoms with van der Waals surface area (Å²) in [5.74, 6) is 1.99. The smallest absolute Gasteiger partial charge is 0.164 e. The van der Waals surface area contributed by atoms with Gasteiger partial charge in [0, 0.05) is 60.9 Å². The second kappa shape index (κ2) is 13.2. The monoisotopic (exact) mass is 895 g/mol. The molecule has 0 fully saturated rings. The van der Waals surface area contributed by atoms with Gasteiger partial charge in [-0.2, -0.15) is 0 Å². The van der Waals surface area contributed by atoms with Gasteiger partial charge in [-0.3, -0.25) is 0 Å². The number of benzene rings is 9. The minimum absolute atomic E-state index is 0.00585. The zero-order valence-electron chi connectivity index (χ0n) is 39.3. The Hall–Kier alpha value is -8.41. The van der Waals surface area contributed by atoms with Crippen molar-refractivity contribution in [3.63, 3.8) is 0 Å². The summed E-state index contributed by atoms with van der Waals surface area (Å²) in [4.78, 5) is 16.5. The van der Waals surface area contributed by atoms with Crippen LogP contribution in [0.25, 0.3) is 89.2 Å². The van der Waals surface area contributed by atoms with Gasteiger partial charge in [-0.1, -0.05) is 191 Å². The molecule has 7 heterocycles. The van der Waals surface area contributed by atoms with Gasteiger partial charge in [0.2, 0.25) is 0 Å². The standard InChI is InChI=1S/C65H45N5/c1-64(2)49-28-14-24-41-45-32-39(34-47-53(36-18-8-5-9-19-36)43-26-16-30-51(64)59(43)69(55(45)47)57(41)49)62-66-61(38-22-12-7-13-23-38)67-63(68-62)40-33-46-42-25-15-29-50-58(42)70-56(46)48(35-40)54(37-20-10-6-11-21-37)44-27-17-31-52(60(44)70)65(50,3)4/h5-35,53-54H,1-4H3. The van der Waals surface area contributed by atoms with Gasteiger partial charge in [-0.25, -0.2) is 15.0 Å². The molecule has 16 rings (SSSR count). The molecule has 5 heteroatoms. The molecule has 0 saturated carbocycles. The Morgan fingerprint density at radius 3 is 1.16 bits per heavy atom. The predicted octanol–water partition coefficient (Wildman–Crippen LogP) is 15.3. The van der Waals surface area contributed by atoms with Crippen LogP contribution in [-0.2, 0) is 10.8 Å². The second-order valence-corrected chi connectivity index (χ2v) is 21.1. The van der Waals surface area contributed by atoms with Crippen molar-refractivity contribution in [2.45, 2.75) is 50.4 Å². The Morgan fingerprint density at radius 2 is 0.714 bits per heavy atom. The number of hydrogen-bond donors (Lipinski definition) is 0. The number of aromatic nitrogens is 5. The van der Waals surface area contributed by atoms with Gasteiger partial charge in [-0.05, 0) is 79.9 Å². The van der Waals surface area contributed by atoms with Gasteiger partial charge in [0.15, 0.2) is 17.5 Å². The van der Waals surface area contributed by atoms with Crippen LogP contribution < -0.4 is 0 Å². The van der Waals surface area contributed by atoms with Crippen LogP contribution in [0, 0.1) is 0 Å². The molecule has 9 aromatic carbocycles. The maximum absolute atomic E-state index is 5.62. The molecule has 0 saturated heterocycles. The summed E-state index contributed by atoms with van der Waals surface area (Å²) in [7, 11) is 0. The molecule has 0 N–H and O–H groups in total. The summed E-state index contributed by atoms with van der Waals surface area (Å²) in [5, 5.41) is 4.95. The fourth-order valence-electron chi connectivity index (χ4n) is 13.7. The van der Waals surface area contributed by atoms with E-state index in [4.69, 9.17) is 15.0 Å². The SMILES string of the molecule is CC1(C)c2cccc3c2-n2c4c(cc(-c5nc(-c6ccccc6)nc(-c6cc7c8c(c6)c6cccc9c6n8-c6c(cccc6C9(C)C)C7c6ccccc6)n5)cc4c4cccc1c42)C3c1ccccc1. The third kappa shape index (κ3) is 4.75. The van der Waals surface area contributed by atoms with Crippen LogP contribution in [-0.4, -0.2) is 24.1 Å². The Labute approximate surface area is 405 Å². The van der Waals surface area contributed by atoms with E-state index in [0.717, 1.165) is 16.7 Å². The molecule has 0 aliphatic carbocycles. The lowest BCUT2D eigenvalue weighted by molar-refractivity contribution is 0.625. The maximum Gasteiger partial charge on any atom is 0.164 e. The predicted molar refractivity (Wildman–Crippen MR) is 284 cm³/mol. The van der Waals surface area contributed by atoms with E-state index in [-0.39, 0.29) is 22.7 Å². The topological polar surface area (TPSA) is 48.5 Å². The van der Waals surface area contributed by atoms with Crippen molar-refractivity contribution in [2.75, 3.05) is 0 Å². The van der Waals surface area contributed by atoms with E-state index in [1.807, 2.05) is 0 Å². The molecule has 70 heavy (non-hydrogen) atoms. The average Bonchev–Trinajstić information content (AvgIpc) is 3.94. The number of nitrogens with zero attached hydrogens (tertiary/aromatic N) is 5. The highest BCUT2D eigenvalue weighted by molar-refractivity contribution is 6.16. The molecule has 4 aliphatic heterocycles. The second-order valence-electron chi connectivity index (χ2n) is 21.1. The van der Waals surface area contributed by atoms with Gasteiger partial charge >= 0.3 is 0 Å². The van der Waals surface area contributed by atoms with Crippen LogP contribution in [0.2, 0.25) is 0 Å². The first-order valence-corrected chi connectivity index (χ1v) is 24.7. The van der Waals surface area contributed by atoms with Gasteiger partial charge in [0.25, 0.3) is 0 Å². The molecule has 4 aliphatic rings. The van der Waals surface area contributed by atoms with Crippen molar-refractivity contribution < 1.29 is 0 Å². The van der Waals surface area contributed by atoms with E-state index >= 15 is 0 Å². The minimum Gasteiger partial charge on any atom is -0.308 e. The van der Waals surface area contributed by atoms with Crippen LogP contribution in [0.5, 0.6) is 0 Å². The number of fused-ring (bicyclic) bond motifs is 2. The third-order valence-electron chi connectivity index (χ3n) is 16.8. The summed E-state index contributed by atoms with van der Waals surface area (Å²) in [6.45, 7) is 9.57. The largest absolute Gasteiger partial charge is 0.308 e. The van der Waals surface area contributed by atoms with Gasteiger partial charge in [0.05, 0.1) is 33.4 Å². The highest BCUT2D eigenvalue weighted by Crippen LogP contribution is 2.57. The molecule has 2 unspecified atom stereocenters. The third-order valence-corrected chi connectivity index (χ3v) is 16.8. The summed E-state index contributed by atoms with van der Waals surface area (Å²) >= 11 is 0. The zero-order chi connectivity index (χ0) is 46.4. The van der Waals surface area contributed by atoms with Crippen molar-refractivity contribution in [1.29, 1.82) is 0 Å². The van der Waals surface area contributed by atoms with Crippen LogP contribution >= 0.6 is 0 Å². The van der Waals surface area contributed by atoms with E-state index in [1.54, 1.807) is 0 Å². The van der Waals surface area contributed by atoms with Crippen LogP contribution in [0.1, 0.15) is 95.2 Å². The lowest BCUT2D eigenvalue weighted by atomic mass is 9.71. The van der Waals surface area contributed by atoms with Crippen LogP contribution in [0.4, 0.5) is 0 Å². The van der Waals surface area contributed by atoms with Crippen molar-refractivity contribution in [3.8, 4) is 45.5 Å². The van der Waals surface area contributed by atoms with Crippen LogP contribution in [0.15, 0.2) is 188 Å². The lowest BCUT2D eigenvalue weighted by Gasteiger charge is -2.39. The molecule has 0 amide bonds. The molecule has 0 radical (unpaired) electrons. The first kappa shape index (κ1) is 38.5. The molecule has 3 aromatic heterocycles.